The van der Waals surface area contributed by atoms with E-state index in [2.05, 4.69) is 0 Å². The van der Waals surface area contributed by atoms with E-state index in [-0.39, 0.29) is 17.8 Å². The van der Waals surface area contributed by atoms with Gasteiger partial charge in [-0.2, -0.15) is 0 Å². The highest BCUT2D eigenvalue weighted by atomic mass is 16.5. The van der Waals surface area contributed by atoms with Gasteiger partial charge in [0.15, 0.2) is 0 Å². The van der Waals surface area contributed by atoms with Crippen molar-refractivity contribution in [3.05, 3.63) is 24.3 Å². The van der Waals surface area contributed by atoms with E-state index in [9.17, 15) is 14.4 Å². The van der Waals surface area contributed by atoms with Gasteiger partial charge in [-0.1, -0.05) is 12.1 Å². The lowest BCUT2D eigenvalue weighted by Crippen LogP contribution is -2.47. The smallest absolute Gasteiger partial charge is 0.328 e. The topological polar surface area (TPSA) is 70.2 Å². The number of carbonyl (C=O) groups excluding carboxylic acids is 3. The third-order valence-corrected chi connectivity index (χ3v) is 5.62. The van der Waals surface area contributed by atoms with Crippen molar-refractivity contribution in [2.45, 2.75) is 37.8 Å². The molecule has 4 amide bonds. The van der Waals surface area contributed by atoms with E-state index < -0.39 is 11.6 Å². The number of amides is 4. The fourth-order valence-electron chi connectivity index (χ4n) is 4.24. The van der Waals surface area contributed by atoms with Crippen LogP contribution in [0.2, 0.25) is 0 Å². The third-order valence-electron chi connectivity index (χ3n) is 5.62. The number of fused-ring (bicyclic) bond motifs is 1. The molecule has 0 spiro atoms. The van der Waals surface area contributed by atoms with Gasteiger partial charge < -0.3 is 14.5 Å². The number of nitrogens with zero attached hydrogens (tertiary/aromatic N) is 3. The predicted molar refractivity (Wildman–Crippen MR) is 90.3 cm³/mol. The van der Waals surface area contributed by atoms with Crippen molar-refractivity contribution in [3.8, 4) is 5.75 Å². The maximum absolute atomic E-state index is 13.0. The van der Waals surface area contributed by atoms with Crippen molar-refractivity contribution < 1.29 is 19.1 Å². The highest BCUT2D eigenvalue weighted by molar-refractivity contribution is 6.12. The number of benzene rings is 1. The van der Waals surface area contributed by atoms with Crippen molar-refractivity contribution in [1.29, 1.82) is 0 Å². The van der Waals surface area contributed by atoms with Crippen LogP contribution in [-0.2, 0) is 9.59 Å². The highest BCUT2D eigenvalue weighted by Crippen LogP contribution is 2.40. The Morgan fingerprint density at radius 2 is 1.92 bits per heavy atom. The Labute approximate surface area is 146 Å². The zero-order chi connectivity index (χ0) is 17.8. The molecule has 1 aromatic rings. The Morgan fingerprint density at radius 1 is 1.16 bits per heavy atom. The Balaban J connectivity index is 1.63. The second-order valence-corrected chi connectivity index (χ2v) is 6.95. The predicted octanol–water partition coefficient (Wildman–Crippen LogP) is 1.62. The third kappa shape index (κ3) is 2.08. The number of hydrogen-bond acceptors (Lipinski definition) is 4. The lowest BCUT2D eigenvalue weighted by molar-refractivity contribution is -0.136. The van der Waals surface area contributed by atoms with Gasteiger partial charge in [-0.25, -0.2) is 9.69 Å². The molecular weight excluding hydrogens is 322 g/mol. The Morgan fingerprint density at radius 3 is 2.64 bits per heavy atom. The summed E-state index contributed by atoms with van der Waals surface area (Å²) < 4.78 is 5.34. The summed E-state index contributed by atoms with van der Waals surface area (Å²) in [5.41, 5.74) is -0.113. The maximum Gasteiger partial charge on any atom is 0.328 e. The normalized spacial score (nSPS) is 29.0. The number of imide groups is 1. The number of ether oxygens (including phenoxy) is 1. The van der Waals surface area contributed by atoms with Crippen LogP contribution in [0, 0.1) is 0 Å². The summed E-state index contributed by atoms with van der Waals surface area (Å²) in [4.78, 5) is 43.0. The monoisotopic (exact) mass is 343 g/mol. The first-order valence-corrected chi connectivity index (χ1v) is 8.58. The van der Waals surface area contributed by atoms with Crippen LogP contribution in [0.1, 0.15) is 26.2 Å². The van der Waals surface area contributed by atoms with E-state index >= 15 is 0 Å². The van der Waals surface area contributed by atoms with Crippen molar-refractivity contribution in [2.24, 2.45) is 0 Å². The summed E-state index contributed by atoms with van der Waals surface area (Å²) in [7, 11) is 1.56. The minimum atomic E-state index is -0.783. The van der Waals surface area contributed by atoms with E-state index in [1.165, 1.54) is 4.90 Å². The molecule has 7 nitrogen and oxygen atoms in total. The average Bonchev–Trinajstić information content (AvgIpc) is 3.23. The maximum atomic E-state index is 13.0. The highest BCUT2D eigenvalue weighted by Gasteiger charge is 2.60. The second-order valence-electron chi connectivity index (χ2n) is 6.95. The van der Waals surface area contributed by atoms with Crippen LogP contribution in [0.4, 0.5) is 10.5 Å². The summed E-state index contributed by atoms with van der Waals surface area (Å²) in [5, 5.41) is 0. The molecule has 3 saturated heterocycles. The number of urea groups is 1. The fourth-order valence-corrected chi connectivity index (χ4v) is 4.24. The molecule has 1 aromatic carbocycles. The lowest BCUT2D eigenvalue weighted by Gasteiger charge is -2.23. The van der Waals surface area contributed by atoms with Crippen LogP contribution in [-0.4, -0.2) is 59.4 Å². The van der Waals surface area contributed by atoms with Crippen LogP contribution in [0.15, 0.2) is 24.3 Å². The molecule has 7 heteroatoms. The summed E-state index contributed by atoms with van der Waals surface area (Å²) >= 11 is 0. The molecule has 0 radical (unpaired) electrons. The van der Waals surface area contributed by atoms with Gasteiger partial charge in [-0.15, -0.1) is 0 Å². The molecule has 0 N–H and O–H groups in total. The van der Waals surface area contributed by atoms with E-state index in [4.69, 9.17) is 4.74 Å². The van der Waals surface area contributed by atoms with E-state index in [1.54, 1.807) is 29.9 Å². The van der Waals surface area contributed by atoms with Gasteiger partial charge in [0.2, 0.25) is 0 Å². The number of para-hydroxylation sites is 2. The molecule has 0 saturated carbocycles. The van der Waals surface area contributed by atoms with Gasteiger partial charge in [-0.05, 0) is 38.3 Å². The van der Waals surface area contributed by atoms with Crippen molar-refractivity contribution in [2.75, 3.05) is 25.1 Å². The quantitative estimate of drug-likeness (QED) is 0.782. The molecule has 25 heavy (non-hydrogen) atoms. The molecule has 2 atom stereocenters. The minimum Gasteiger partial charge on any atom is -0.495 e. The average molecular weight is 343 g/mol. The number of rotatable bonds is 3. The Kier molecular flexibility index (Phi) is 3.49. The lowest BCUT2D eigenvalue weighted by atomic mass is 9.99. The first kappa shape index (κ1) is 15.9. The van der Waals surface area contributed by atoms with Crippen LogP contribution in [0.25, 0.3) is 0 Å². The van der Waals surface area contributed by atoms with Gasteiger partial charge in [0.1, 0.15) is 17.3 Å². The molecule has 3 heterocycles. The number of carbonyl (C=O) groups is 3. The fraction of sp³-hybridized carbons (Fsp3) is 0.500. The first-order valence-electron chi connectivity index (χ1n) is 8.58. The molecule has 0 aromatic heterocycles. The molecule has 3 aliphatic heterocycles. The number of methoxy groups -OCH3 is 1. The molecule has 0 bridgehead atoms. The zero-order valence-electron chi connectivity index (χ0n) is 14.4. The second kappa shape index (κ2) is 5.47. The van der Waals surface area contributed by atoms with Gasteiger partial charge in [0.05, 0.1) is 12.8 Å². The van der Waals surface area contributed by atoms with Gasteiger partial charge in [0.25, 0.3) is 11.8 Å². The zero-order valence-corrected chi connectivity index (χ0v) is 14.4. The molecule has 3 fully saturated rings. The number of anilines is 1. The Bertz CT molecular complexity index is 764. The molecule has 132 valence electrons. The SMILES string of the molecule is COc1ccccc1N1CC[C@@H](N2C(=O)N3CCC[C@@]3(C)C2=O)C1=O. The van der Waals surface area contributed by atoms with Crippen molar-refractivity contribution in [1.82, 2.24) is 9.80 Å². The first-order chi connectivity index (χ1) is 12.0. The van der Waals surface area contributed by atoms with Crippen molar-refractivity contribution >= 4 is 23.5 Å². The van der Waals surface area contributed by atoms with Crippen LogP contribution in [0.3, 0.4) is 0 Å². The van der Waals surface area contributed by atoms with Crippen LogP contribution in [0.5, 0.6) is 5.75 Å². The summed E-state index contributed by atoms with van der Waals surface area (Å²) in [6, 6.07) is 6.22. The van der Waals surface area contributed by atoms with Gasteiger partial charge in [0, 0.05) is 13.1 Å². The molecule has 3 aliphatic rings. The van der Waals surface area contributed by atoms with Crippen LogP contribution >= 0.6 is 0 Å². The Hall–Kier alpha value is -2.57. The van der Waals surface area contributed by atoms with Gasteiger partial charge >= 0.3 is 6.03 Å². The van der Waals surface area contributed by atoms with Crippen LogP contribution < -0.4 is 9.64 Å². The minimum absolute atomic E-state index is 0.226. The van der Waals surface area contributed by atoms with Crippen molar-refractivity contribution in [3.63, 3.8) is 0 Å². The largest absolute Gasteiger partial charge is 0.495 e. The summed E-state index contributed by atoms with van der Waals surface area (Å²) in [6.07, 6.45) is 1.93. The standard InChI is InChI=1S/C18H21N3O4/c1-18-9-5-10-20(18)17(24)21(16(18)23)13-8-11-19(15(13)22)12-6-3-4-7-14(12)25-2/h3-4,6-7,13H,5,8-11H2,1-2H3/t13-,18+/m1/s1. The number of hydrogen-bond donors (Lipinski definition) is 0. The summed E-state index contributed by atoms with van der Waals surface area (Å²) in [5.74, 6) is 0.134. The van der Waals surface area contributed by atoms with E-state index in [0.29, 0.717) is 37.4 Å². The van der Waals surface area contributed by atoms with E-state index in [1.807, 2.05) is 18.2 Å². The van der Waals surface area contributed by atoms with E-state index in [0.717, 1.165) is 6.42 Å². The summed E-state index contributed by atoms with van der Waals surface area (Å²) in [6.45, 7) is 2.84. The molecule has 4 rings (SSSR count). The molecule has 0 unspecified atom stereocenters. The molecule has 0 aliphatic carbocycles. The van der Waals surface area contributed by atoms with Gasteiger partial charge in [-0.3, -0.25) is 9.59 Å². The molecular formula is C18H21N3O4.